The van der Waals surface area contributed by atoms with Crippen molar-refractivity contribution in [1.29, 1.82) is 0 Å². The predicted molar refractivity (Wildman–Crippen MR) is 104 cm³/mol. The number of anilines is 1. The molecule has 0 aliphatic rings. The Morgan fingerprint density at radius 2 is 2.00 bits per heavy atom. The molecule has 0 spiro atoms. The average Bonchev–Trinajstić information content (AvgIpc) is 3.12. The standard InChI is InChI=1S/C21H23N3O3/c1-4-5-11-26-17-8-6-7-16(13-17)21(25)22-20-19(23-27-24-20)18-12-14(2)9-10-15(18)3/h6-10,12-13H,4-5,11H2,1-3H3,(H,22,24,25). The lowest BCUT2D eigenvalue weighted by Crippen LogP contribution is -2.13. The molecule has 0 unspecified atom stereocenters. The molecule has 1 amide bonds. The molecule has 0 aliphatic heterocycles. The Morgan fingerprint density at radius 1 is 1.15 bits per heavy atom. The number of aromatic nitrogens is 2. The van der Waals surface area contributed by atoms with Crippen LogP contribution in [0.25, 0.3) is 11.3 Å². The number of rotatable bonds is 7. The lowest BCUT2D eigenvalue weighted by molar-refractivity contribution is 0.102. The zero-order valence-corrected chi connectivity index (χ0v) is 15.8. The molecule has 6 nitrogen and oxygen atoms in total. The van der Waals surface area contributed by atoms with Crippen molar-refractivity contribution in [3.63, 3.8) is 0 Å². The van der Waals surface area contributed by atoms with Gasteiger partial charge in [0, 0.05) is 11.1 Å². The Morgan fingerprint density at radius 3 is 2.81 bits per heavy atom. The molecule has 0 saturated heterocycles. The van der Waals surface area contributed by atoms with Crippen LogP contribution in [-0.4, -0.2) is 22.8 Å². The van der Waals surface area contributed by atoms with Gasteiger partial charge in [0.1, 0.15) is 5.75 Å². The number of carbonyl (C=O) groups is 1. The van der Waals surface area contributed by atoms with Gasteiger partial charge in [0.2, 0.25) is 5.82 Å². The second-order valence-electron chi connectivity index (χ2n) is 6.46. The van der Waals surface area contributed by atoms with E-state index in [1.54, 1.807) is 18.2 Å². The fourth-order valence-corrected chi connectivity index (χ4v) is 2.68. The molecule has 2 aromatic carbocycles. The molecule has 1 heterocycles. The molecule has 0 aliphatic carbocycles. The highest BCUT2D eigenvalue weighted by Gasteiger charge is 2.18. The van der Waals surface area contributed by atoms with Crippen molar-refractivity contribution in [3.8, 4) is 17.0 Å². The molecule has 6 heteroatoms. The molecule has 0 bridgehead atoms. The maximum Gasteiger partial charge on any atom is 0.257 e. The summed E-state index contributed by atoms with van der Waals surface area (Å²) in [5.74, 6) is 0.674. The van der Waals surface area contributed by atoms with Crippen LogP contribution in [-0.2, 0) is 0 Å². The SMILES string of the molecule is CCCCOc1cccc(C(=O)Nc2nonc2-c2cc(C)ccc2C)c1. The van der Waals surface area contributed by atoms with Gasteiger partial charge in [-0.1, -0.05) is 37.1 Å². The minimum atomic E-state index is -0.293. The second kappa shape index (κ2) is 8.49. The largest absolute Gasteiger partial charge is 0.494 e. The van der Waals surface area contributed by atoms with E-state index in [1.807, 2.05) is 38.1 Å². The van der Waals surface area contributed by atoms with Gasteiger partial charge in [0.05, 0.1) is 6.61 Å². The Labute approximate surface area is 158 Å². The predicted octanol–water partition coefficient (Wildman–Crippen LogP) is 4.78. The summed E-state index contributed by atoms with van der Waals surface area (Å²) in [4.78, 5) is 12.7. The van der Waals surface area contributed by atoms with E-state index < -0.39 is 0 Å². The molecule has 0 radical (unpaired) electrons. The third-order valence-electron chi connectivity index (χ3n) is 4.23. The van der Waals surface area contributed by atoms with Crippen LogP contribution in [0.2, 0.25) is 0 Å². The maximum absolute atomic E-state index is 12.7. The second-order valence-corrected chi connectivity index (χ2v) is 6.46. The average molecular weight is 365 g/mol. The minimum Gasteiger partial charge on any atom is -0.494 e. The van der Waals surface area contributed by atoms with Crippen LogP contribution < -0.4 is 10.1 Å². The van der Waals surface area contributed by atoms with Crippen molar-refractivity contribution in [2.24, 2.45) is 0 Å². The Balaban J connectivity index is 1.79. The summed E-state index contributed by atoms with van der Waals surface area (Å²) in [6, 6.07) is 13.1. The van der Waals surface area contributed by atoms with Gasteiger partial charge in [-0.15, -0.1) is 0 Å². The lowest BCUT2D eigenvalue weighted by atomic mass is 10.0. The van der Waals surface area contributed by atoms with Crippen LogP contribution >= 0.6 is 0 Å². The van der Waals surface area contributed by atoms with Crippen molar-refractivity contribution in [1.82, 2.24) is 10.3 Å². The molecular weight excluding hydrogens is 342 g/mol. The van der Waals surface area contributed by atoms with Gasteiger partial charge >= 0.3 is 0 Å². The molecule has 1 N–H and O–H groups in total. The van der Waals surface area contributed by atoms with Gasteiger partial charge < -0.3 is 10.1 Å². The number of hydrogen-bond acceptors (Lipinski definition) is 5. The van der Waals surface area contributed by atoms with Crippen molar-refractivity contribution in [2.75, 3.05) is 11.9 Å². The third-order valence-corrected chi connectivity index (χ3v) is 4.23. The zero-order chi connectivity index (χ0) is 19.2. The smallest absolute Gasteiger partial charge is 0.257 e. The van der Waals surface area contributed by atoms with Crippen LogP contribution in [0.1, 0.15) is 41.3 Å². The number of nitrogens with one attached hydrogen (secondary N) is 1. The topological polar surface area (TPSA) is 77.2 Å². The first kappa shape index (κ1) is 18.6. The third kappa shape index (κ3) is 4.53. The highest BCUT2D eigenvalue weighted by Crippen LogP contribution is 2.28. The monoisotopic (exact) mass is 365 g/mol. The summed E-state index contributed by atoms with van der Waals surface area (Å²) in [5.41, 5.74) is 3.99. The Hall–Kier alpha value is -3.15. The highest BCUT2D eigenvalue weighted by atomic mass is 16.6. The van der Waals surface area contributed by atoms with E-state index in [4.69, 9.17) is 9.37 Å². The number of ether oxygens (including phenoxy) is 1. The molecule has 3 rings (SSSR count). The fraction of sp³-hybridized carbons (Fsp3) is 0.286. The molecule has 3 aromatic rings. The van der Waals surface area contributed by atoms with E-state index in [9.17, 15) is 4.79 Å². The van der Waals surface area contributed by atoms with Gasteiger partial charge in [0.15, 0.2) is 5.69 Å². The van der Waals surface area contributed by atoms with Crippen LogP contribution in [0, 0.1) is 13.8 Å². The molecule has 1 aromatic heterocycles. The minimum absolute atomic E-state index is 0.293. The number of amides is 1. The van der Waals surface area contributed by atoms with Crippen LogP contribution in [0.15, 0.2) is 47.1 Å². The van der Waals surface area contributed by atoms with E-state index in [0.29, 0.717) is 29.4 Å². The first-order valence-electron chi connectivity index (χ1n) is 9.03. The van der Waals surface area contributed by atoms with Crippen LogP contribution in [0.4, 0.5) is 5.82 Å². The molecule has 140 valence electrons. The van der Waals surface area contributed by atoms with E-state index in [2.05, 4.69) is 22.6 Å². The summed E-state index contributed by atoms with van der Waals surface area (Å²) < 4.78 is 10.5. The number of carbonyl (C=O) groups excluding carboxylic acids is 1. The molecule has 27 heavy (non-hydrogen) atoms. The van der Waals surface area contributed by atoms with E-state index in [1.165, 1.54) is 0 Å². The molecule has 0 saturated carbocycles. The Bertz CT molecular complexity index is 934. The summed E-state index contributed by atoms with van der Waals surface area (Å²) in [7, 11) is 0. The quantitative estimate of drug-likeness (QED) is 0.609. The van der Waals surface area contributed by atoms with Crippen molar-refractivity contribution < 1.29 is 14.2 Å². The normalized spacial score (nSPS) is 10.6. The van der Waals surface area contributed by atoms with E-state index >= 15 is 0 Å². The number of nitrogens with zero attached hydrogens (tertiary/aromatic N) is 2. The first-order chi connectivity index (χ1) is 13.1. The highest BCUT2D eigenvalue weighted by molar-refractivity contribution is 6.05. The Kier molecular flexibility index (Phi) is 5.86. The van der Waals surface area contributed by atoms with E-state index in [0.717, 1.165) is 29.5 Å². The summed E-state index contributed by atoms with van der Waals surface area (Å²) >= 11 is 0. The summed E-state index contributed by atoms with van der Waals surface area (Å²) in [6.45, 7) is 6.71. The first-order valence-corrected chi connectivity index (χ1v) is 9.03. The van der Waals surface area contributed by atoms with E-state index in [-0.39, 0.29) is 5.91 Å². The van der Waals surface area contributed by atoms with Gasteiger partial charge in [-0.25, -0.2) is 4.63 Å². The van der Waals surface area contributed by atoms with Crippen molar-refractivity contribution in [3.05, 3.63) is 59.2 Å². The van der Waals surface area contributed by atoms with Gasteiger partial charge in [-0.05, 0) is 60.4 Å². The molecule has 0 atom stereocenters. The van der Waals surface area contributed by atoms with Crippen molar-refractivity contribution in [2.45, 2.75) is 33.6 Å². The lowest BCUT2D eigenvalue weighted by Gasteiger charge is -2.08. The van der Waals surface area contributed by atoms with Crippen LogP contribution in [0.3, 0.4) is 0 Å². The number of aryl methyl sites for hydroxylation is 2. The summed E-state index contributed by atoms with van der Waals surface area (Å²) in [5, 5.41) is 10.6. The number of hydrogen-bond donors (Lipinski definition) is 1. The maximum atomic E-state index is 12.7. The van der Waals surface area contributed by atoms with Gasteiger partial charge in [0.25, 0.3) is 5.91 Å². The zero-order valence-electron chi connectivity index (χ0n) is 15.8. The number of unbranched alkanes of at least 4 members (excludes halogenated alkanes) is 1. The number of benzene rings is 2. The van der Waals surface area contributed by atoms with Gasteiger partial charge in [-0.3, -0.25) is 4.79 Å². The van der Waals surface area contributed by atoms with Crippen molar-refractivity contribution >= 4 is 11.7 Å². The van der Waals surface area contributed by atoms with Gasteiger partial charge in [-0.2, -0.15) is 0 Å². The fourth-order valence-electron chi connectivity index (χ4n) is 2.68. The summed E-state index contributed by atoms with van der Waals surface area (Å²) in [6.07, 6.45) is 2.03. The molecule has 0 fully saturated rings. The molecular formula is C21H23N3O3. The van der Waals surface area contributed by atoms with Crippen LogP contribution in [0.5, 0.6) is 5.75 Å².